The molecule has 0 amide bonds. The van der Waals surface area contributed by atoms with Gasteiger partial charge in [0, 0.05) is 0 Å². The fraction of sp³-hybridized carbons (Fsp3) is 0.625. The van der Waals surface area contributed by atoms with Crippen molar-refractivity contribution in [3.05, 3.63) is 34.9 Å². The Hall–Kier alpha value is -0.820. The number of rotatable bonds is 4. The molecule has 0 aromatic heterocycles. The molecule has 0 aliphatic carbocycles. The highest BCUT2D eigenvalue weighted by molar-refractivity contribution is 5.30. The molecule has 0 radical (unpaired) electrons. The Labute approximate surface area is 106 Å². The van der Waals surface area contributed by atoms with Crippen molar-refractivity contribution in [2.45, 2.75) is 46.0 Å². The first-order valence-electron chi connectivity index (χ1n) is 7.02. The first-order chi connectivity index (χ1) is 8.25. The van der Waals surface area contributed by atoms with Gasteiger partial charge in [-0.15, -0.1) is 0 Å². The average molecular weight is 231 g/mol. The van der Waals surface area contributed by atoms with Crippen molar-refractivity contribution in [1.29, 1.82) is 0 Å². The molecule has 1 nitrogen and oxygen atoms in total. The Morgan fingerprint density at radius 3 is 2.94 bits per heavy atom. The second-order valence-electron chi connectivity index (χ2n) is 5.53. The maximum atomic E-state index is 3.50. The summed E-state index contributed by atoms with van der Waals surface area (Å²) in [4.78, 5) is 0. The lowest BCUT2D eigenvalue weighted by molar-refractivity contribution is 0.351. The lowest BCUT2D eigenvalue weighted by Crippen LogP contribution is -2.29. The van der Waals surface area contributed by atoms with Gasteiger partial charge in [-0.3, -0.25) is 0 Å². The van der Waals surface area contributed by atoms with Crippen LogP contribution in [0.1, 0.15) is 42.4 Å². The summed E-state index contributed by atoms with van der Waals surface area (Å²) in [6.45, 7) is 6.89. The minimum Gasteiger partial charge on any atom is -0.316 e. The van der Waals surface area contributed by atoms with Gasteiger partial charge < -0.3 is 5.32 Å². The van der Waals surface area contributed by atoms with Crippen molar-refractivity contribution in [2.24, 2.45) is 5.92 Å². The Morgan fingerprint density at radius 2 is 2.18 bits per heavy atom. The third kappa shape index (κ3) is 3.85. The third-order valence-electron chi connectivity index (χ3n) is 3.96. The fourth-order valence-corrected chi connectivity index (χ4v) is 2.82. The summed E-state index contributed by atoms with van der Waals surface area (Å²) in [6.07, 6.45) is 6.79. The topological polar surface area (TPSA) is 12.0 Å². The van der Waals surface area contributed by atoms with Crippen molar-refractivity contribution < 1.29 is 0 Å². The lowest BCUT2D eigenvalue weighted by atomic mass is 9.92. The summed E-state index contributed by atoms with van der Waals surface area (Å²) in [5.74, 6) is 0.925. The molecule has 2 rings (SSSR count). The van der Waals surface area contributed by atoms with E-state index in [0.29, 0.717) is 0 Å². The molecule has 94 valence electrons. The molecule has 1 N–H and O–H groups in total. The van der Waals surface area contributed by atoms with Crippen molar-refractivity contribution in [3.63, 3.8) is 0 Å². The van der Waals surface area contributed by atoms with Crippen LogP contribution >= 0.6 is 0 Å². The van der Waals surface area contributed by atoms with E-state index in [0.717, 1.165) is 5.92 Å². The minimum atomic E-state index is 0.925. The van der Waals surface area contributed by atoms with Crippen LogP contribution in [0.5, 0.6) is 0 Å². The van der Waals surface area contributed by atoms with Crippen LogP contribution in [0.25, 0.3) is 0 Å². The van der Waals surface area contributed by atoms with Gasteiger partial charge >= 0.3 is 0 Å². The number of aryl methyl sites for hydroxylation is 3. The highest BCUT2D eigenvalue weighted by Gasteiger charge is 2.12. The van der Waals surface area contributed by atoms with Gasteiger partial charge in [0.15, 0.2) is 0 Å². The highest BCUT2D eigenvalue weighted by atomic mass is 14.9. The zero-order valence-electron chi connectivity index (χ0n) is 11.3. The standard InChI is InChI=1S/C16H25N/c1-13-8-9-14(2)16(11-13)7-3-5-15-6-4-10-17-12-15/h8-9,11,15,17H,3-7,10,12H2,1-2H3. The number of hydrogen-bond acceptors (Lipinski definition) is 1. The van der Waals surface area contributed by atoms with Crippen LogP contribution in [-0.2, 0) is 6.42 Å². The number of benzene rings is 1. The maximum absolute atomic E-state index is 3.50. The van der Waals surface area contributed by atoms with Crippen LogP contribution in [0, 0.1) is 19.8 Å². The van der Waals surface area contributed by atoms with Crippen molar-refractivity contribution >= 4 is 0 Å². The van der Waals surface area contributed by atoms with Gasteiger partial charge in [-0.05, 0) is 76.1 Å². The first-order valence-corrected chi connectivity index (χ1v) is 7.02. The number of nitrogens with one attached hydrogen (secondary N) is 1. The van der Waals surface area contributed by atoms with Gasteiger partial charge in [-0.1, -0.05) is 23.8 Å². The second-order valence-corrected chi connectivity index (χ2v) is 5.53. The fourth-order valence-electron chi connectivity index (χ4n) is 2.82. The smallest absolute Gasteiger partial charge is 0.00205 e. The third-order valence-corrected chi connectivity index (χ3v) is 3.96. The van der Waals surface area contributed by atoms with Gasteiger partial charge in [0.1, 0.15) is 0 Å². The number of hydrogen-bond donors (Lipinski definition) is 1. The molecule has 1 heteroatoms. The Kier molecular flexibility index (Phi) is 4.61. The van der Waals surface area contributed by atoms with Crippen LogP contribution in [0.2, 0.25) is 0 Å². The molecule has 1 aromatic carbocycles. The monoisotopic (exact) mass is 231 g/mol. The van der Waals surface area contributed by atoms with Crippen molar-refractivity contribution in [1.82, 2.24) is 5.32 Å². The molecule has 0 saturated carbocycles. The van der Waals surface area contributed by atoms with E-state index in [2.05, 4.69) is 37.4 Å². The second kappa shape index (κ2) is 6.20. The molecule has 0 spiro atoms. The molecule has 1 aliphatic heterocycles. The molecule has 1 saturated heterocycles. The molecule has 1 heterocycles. The van der Waals surface area contributed by atoms with Crippen LogP contribution in [0.3, 0.4) is 0 Å². The molecular formula is C16H25N. The van der Waals surface area contributed by atoms with Gasteiger partial charge in [-0.2, -0.15) is 0 Å². The van der Waals surface area contributed by atoms with E-state index in [9.17, 15) is 0 Å². The largest absolute Gasteiger partial charge is 0.316 e. The predicted molar refractivity (Wildman–Crippen MR) is 74.4 cm³/mol. The quantitative estimate of drug-likeness (QED) is 0.834. The number of piperidine rings is 1. The Balaban J connectivity index is 1.79. The van der Waals surface area contributed by atoms with E-state index >= 15 is 0 Å². The van der Waals surface area contributed by atoms with E-state index in [4.69, 9.17) is 0 Å². The average Bonchev–Trinajstić information content (AvgIpc) is 2.35. The molecule has 1 atom stereocenters. The summed E-state index contributed by atoms with van der Waals surface area (Å²) in [6, 6.07) is 6.82. The zero-order chi connectivity index (χ0) is 12.1. The Bertz CT molecular complexity index is 351. The van der Waals surface area contributed by atoms with E-state index in [1.54, 1.807) is 5.56 Å². The lowest BCUT2D eigenvalue weighted by Gasteiger charge is -2.22. The summed E-state index contributed by atoms with van der Waals surface area (Å²) < 4.78 is 0. The summed E-state index contributed by atoms with van der Waals surface area (Å²) >= 11 is 0. The van der Waals surface area contributed by atoms with Crippen molar-refractivity contribution in [2.75, 3.05) is 13.1 Å². The highest BCUT2D eigenvalue weighted by Crippen LogP contribution is 2.19. The Morgan fingerprint density at radius 1 is 1.29 bits per heavy atom. The van der Waals surface area contributed by atoms with Crippen LogP contribution in [-0.4, -0.2) is 13.1 Å². The van der Waals surface area contributed by atoms with Crippen LogP contribution in [0.15, 0.2) is 18.2 Å². The molecular weight excluding hydrogens is 206 g/mol. The van der Waals surface area contributed by atoms with Crippen LogP contribution in [0.4, 0.5) is 0 Å². The first kappa shape index (κ1) is 12.6. The van der Waals surface area contributed by atoms with Gasteiger partial charge in [0.25, 0.3) is 0 Å². The molecule has 1 unspecified atom stereocenters. The molecule has 1 aliphatic rings. The molecule has 1 fully saturated rings. The summed E-state index contributed by atoms with van der Waals surface area (Å²) in [7, 11) is 0. The maximum Gasteiger partial charge on any atom is -0.00205 e. The summed E-state index contributed by atoms with van der Waals surface area (Å²) in [5, 5.41) is 3.50. The molecule has 17 heavy (non-hydrogen) atoms. The van der Waals surface area contributed by atoms with Crippen molar-refractivity contribution in [3.8, 4) is 0 Å². The van der Waals surface area contributed by atoms with E-state index in [1.165, 1.54) is 56.3 Å². The SMILES string of the molecule is Cc1ccc(C)c(CCCC2CCCNC2)c1. The van der Waals surface area contributed by atoms with Gasteiger partial charge in [-0.25, -0.2) is 0 Å². The molecule has 0 bridgehead atoms. The predicted octanol–water partition coefficient (Wildman–Crippen LogP) is 3.63. The summed E-state index contributed by atoms with van der Waals surface area (Å²) in [5.41, 5.74) is 4.40. The van der Waals surface area contributed by atoms with Gasteiger partial charge in [0.05, 0.1) is 0 Å². The van der Waals surface area contributed by atoms with E-state index < -0.39 is 0 Å². The zero-order valence-corrected chi connectivity index (χ0v) is 11.3. The normalized spacial score (nSPS) is 20.5. The van der Waals surface area contributed by atoms with E-state index in [1.807, 2.05) is 0 Å². The van der Waals surface area contributed by atoms with Crippen LogP contribution < -0.4 is 5.32 Å². The minimum absolute atomic E-state index is 0.925. The van der Waals surface area contributed by atoms with Gasteiger partial charge in [0.2, 0.25) is 0 Å². The molecule has 1 aromatic rings. The van der Waals surface area contributed by atoms with E-state index in [-0.39, 0.29) is 0 Å².